The minimum absolute atomic E-state index is 0.0556. The van der Waals surface area contributed by atoms with Gasteiger partial charge in [-0.2, -0.15) is 0 Å². The molecule has 0 amide bonds. The van der Waals surface area contributed by atoms with Crippen LogP contribution in [0.3, 0.4) is 0 Å². The standard InChI is InChI=1S/Hf.2O.Ti. The second-order valence-corrected chi connectivity index (χ2v) is 0. The van der Waals surface area contributed by atoms with E-state index in [0.29, 0.717) is 0 Å². The molecule has 0 unspecified atom stereocenters. The Hall–Kier alpha value is 1.18. The van der Waals surface area contributed by atoms with E-state index >= 15 is 0 Å². The summed E-state index contributed by atoms with van der Waals surface area (Å²) in [5.74, 6) is 0. The van der Waals surface area contributed by atoms with E-state index in [1.54, 1.807) is 0 Å². The summed E-state index contributed by atoms with van der Waals surface area (Å²) < 4.78 is 16.6. The van der Waals surface area contributed by atoms with Gasteiger partial charge < -0.3 is 0 Å². The summed E-state index contributed by atoms with van der Waals surface area (Å²) in [5.41, 5.74) is 0. The molecule has 0 aromatic heterocycles. The Balaban J connectivity index is 0. The van der Waals surface area contributed by atoms with E-state index < -0.39 is 0 Å². The predicted molar refractivity (Wildman–Crippen MR) is 1.37 cm³/mol. The third-order valence-electron chi connectivity index (χ3n) is 0. The fraction of sp³-hybridized carbons (Fsp3) is 0. The summed E-state index contributed by atoms with van der Waals surface area (Å²) in [7, 11) is 0. The van der Waals surface area contributed by atoms with Crippen LogP contribution in [0.4, 0.5) is 0 Å². The molecule has 0 atom stereocenters. The van der Waals surface area contributed by atoms with Gasteiger partial charge >= 0.3 is 51.0 Å². The van der Waals surface area contributed by atoms with Crippen molar-refractivity contribution in [2.45, 2.75) is 0 Å². The Morgan fingerprint density at radius 3 is 1.25 bits per heavy atom. The van der Waals surface area contributed by atoms with E-state index in [1.165, 1.54) is 0 Å². The Morgan fingerprint density at radius 2 is 1.25 bits per heavy atom. The third kappa shape index (κ3) is 10.8. The Morgan fingerprint density at radius 1 is 1.25 bits per heavy atom. The molecule has 0 rings (SSSR count). The van der Waals surface area contributed by atoms with Gasteiger partial charge in [0.25, 0.3) is 0 Å². The topological polar surface area (TPSA) is 34.1 Å². The molecule has 0 bridgehead atoms. The number of hydrogen-bond acceptors (Lipinski definition) is 2. The molecule has 0 N–H and O–H groups in total. The zero-order valence-corrected chi connectivity index (χ0v) is 6.97. The van der Waals surface area contributed by atoms with Crippen LogP contribution in [0.2, 0.25) is 0 Å². The summed E-state index contributed by atoms with van der Waals surface area (Å²) in [6, 6.07) is 0. The van der Waals surface area contributed by atoms with Crippen LogP contribution in [0.1, 0.15) is 0 Å². The molecule has 0 heterocycles. The number of rotatable bonds is 0. The van der Waals surface area contributed by atoms with Gasteiger partial charge in [0.15, 0.2) is 0 Å². The van der Waals surface area contributed by atoms with Crippen molar-refractivity contribution in [2.75, 3.05) is 0 Å². The fourth-order valence-electron chi connectivity index (χ4n) is 0. The molecule has 2 nitrogen and oxygen atoms in total. The van der Waals surface area contributed by atoms with Crippen molar-refractivity contribution in [2.24, 2.45) is 0 Å². The first kappa shape index (κ1) is 8.95. The van der Waals surface area contributed by atoms with Crippen LogP contribution in [0.15, 0.2) is 0 Å². The zero-order valence-electron chi connectivity index (χ0n) is 1.82. The van der Waals surface area contributed by atoms with E-state index in [9.17, 15) is 0 Å². The van der Waals surface area contributed by atoms with E-state index in [0.717, 1.165) is 20.4 Å². The summed E-state index contributed by atoms with van der Waals surface area (Å²) >= 11 is 0.806. The van der Waals surface area contributed by atoms with Crippen LogP contribution < -0.4 is 0 Å². The fourth-order valence-corrected chi connectivity index (χ4v) is 0. The molecular weight excluding hydrogens is 258 g/mol. The van der Waals surface area contributed by atoms with Gasteiger partial charge in [0.05, 0.1) is 0 Å². The van der Waals surface area contributed by atoms with E-state index in [-0.39, 0.29) is 24.4 Å². The molecule has 0 aliphatic rings. The molecule has 0 aromatic rings. The van der Waals surface area contributed by atoms with Crippen LogP contribution in [0.25, 0.3) is 0 Å². The van der Waals surface area contributed by atoms with Crippen LogP contribution in [-0.2, 0) is 51.0 Å². The zero-order chi connectivity index (χ0) is 4.00. The van der Waals surface area contributed by atoms with E-state index in [4.69, 9.17) is 6.18 Å². The molecule has 0 spiro atoms. The van der Waals surface area contributed by atoms with Gasteiger partial charge in [-0.1, -0.05) is 0 Å². The van der Waals surface area contributed by atoms with Crippen molar-refractivity contribution in [3.8, 4) is 0 Å². The van der Waals surface area contributed by atoms with Crippen molar-refractivity contribution >= 4 is 0 Å². The quantitative estimate of drug-likeness (QED) is 0.562. The van der Waals surface area contributed by atoms with Gasteiger partial charge in [-0.25, -0.2) is 0 Å². The van der Waals surface area contributed by atoms with Crippen molar-refractivity contribution < 1.29 is 51.0 Å². The molecule has 0 saturated carbocycles. The predicted octanol–water partition coefficient (Wildman–Crippen LogP) is -0.243. The summed E-state index contributed by atoms with van der Waals surface area (Å²) in [4.78, 5) is 0. The average Bonchev–Trinajstić information content (AvgIpc) is 1.50. The molecule has 20 valence electrons. The van der Waals surface area contributed by atoms with E-state index in [2.05, 4.69) is 0 Å². The Labute approximate surface area is 50.7 Å². The molecule has 0 saturated heterocycles. The molecule has 0 aromatic carbocycles. The second-order valence-electron chi connectivity index (χ2n) is 0. The van der Waals surface area contributed by atoms with Crippen LogP contribution >= 0.6 is 0 Å². The molecule has 0 fully saturated rings. The van der Waals surface area contributed by atoms with Gasteiger partial charge in [-0.3, -0.25) is 0 Å². The van der Waals surface area contributed by atoms with Gasteiger partial charge in [-0.15, -0.1) is 0 Å². The van der Waals surface area contributed by atoms with Crippen LogP contribution in [0.5, 0.6) is 0 Å². The normalized spacial score (nSPS) is 1.50. The van der Waals surface area contributed by atoms with E-state index in [1.807, 2.05) is 0 Å². The van der Waals surface area contributed by atoms with Crippen molar-refractivity contribution in [1.29, 1.82) is 0 Å². The Kier molecular flexibility index (Phi) is 67.7. The molecule has 4 heteroatoms. The van der Waals surface area contributed by atoms with Gasteiger partial charge in [0.2, 0.25) is 0 Å². The first-order valence-corrected chi connectivity index (χ1v) is 2.51. The van der Waals surface area contributed by atoms with Crippen molar-refractivity contribution in [3.05, 3.63) is 0 Å². The van der Waals surface area contributed by atoms with Crippen molar-refractivity contribution in [3.63, 3.8) is 0 Å². The summed E-state index contributed by atoms with van der Waals surface area (Å²) in [6.45, 7) is 0. The summed E-state index contributed by atoms with van der Waals surface area (Å²) in [5, 5.41) is 0. The first-order chi connectivity index (χ1) is 2.00. The average molecular weight is 258 g/mol. The molecule has 4 heavy (non-hydrogen) atoms. The van der Waals surface area contributed by atoms with Crippen molar-refractivity contribution in [1.82, 2.24) is 0 Å². The monoisotopic (exact) mass is 260 g/mol. The second kappa shape index (κ2) is 30.2. The van der Waals surface area contributed by atoms with Crippen LogP contribution in [-0.4, -0.2) is 0 Å². The first-order valence-electron chi connectivity index (χ1n) is 0.408. The SMILES string of the molecule is [O]=[Hf].[O]=[Ti]. The summed E-state index contributed by atoms with van der Waals surface area (Å²) in [6.07, 6.45) is 0. The van der Waals surface area contributed by atoms with Gasteiger partial charge in [0.1, 0.15) is 0 Å². The molecule has 0 radical (unpaired) electrons. The molecule has 0 aliphatic carbocycles. The Bertz CT molecular complexity index is 8.00. The minimum atomic E-state index is 0.0556. The molecule has 0 aliphatic heterocycles. The number of hydrogen-bond donors (Lipinski definition) is 0. The maximum absolute atomic E-state index is 8.39. The van der Waals surface area contributed by atoms with Gasteiger partial charge in [-0.05, 0) is 0 Å². The van der Waals surface area contributed by atoms with Gasteiger partial charge in [0, 0.05) is 0 Å². The molecular formula is HfO2Ti. The third-order valence-corrected chi connectivity index (χ3v) is 0. The maximum atomic E-state index is 8.39. The van der Waals surface area contributed by atoms with Crippen LogP contribution in [0, 0.1) is 0 Å².